The van der Waals surface area contributed by atoms with Gasteiger partial charge in [-0.25, -0.2) is 0 Å². The summed E-state index contributed by atoms with van der Waals surface area (Å²) in [5.74, 6) is -1.60. The molecule has 1 aromatic rings. The van der Waals surface area contributed by atoms with E-state index in [9.17, 15) is 14.9 Å². The zero-order chi connectivity index (χ0) is 16.6. The summed E-state index contributed by atoms with van der Waals surface area (Å²) in [6.45, 7) is 0.581. The number of thioether (sulfide) groups is 1. The summed E-state index contributed by atoms with van der Waals surface area (Å²) in [7, 11) is 0. The number of piperidine rings is 1. The molecule has 2 heterocycles. The molecule has 3 unspecified atom stereocenters. The van der Waals surface area contributed by atoms with Gasteiger partial charge >= 0.3 is 0 Å². The standard InChI is InChI=1S/C16H16BrN3O2S/c1-23-15-10(8-18)7-12(14(21)19-15)16(22)20-5-4-9-6-11(17)2-3-13(9)20/h2-3,6,10,12,15H,4-5,7H2,1H3,(H,19,21). The van der Waals surface area contributed by atoms with Crippen molar-refractivity contribution >= 4 is 45.2 Å². The minimum absolute atomic E-state index is 0.205. The Hall–Kier alpha value is -1.52. The zero-order valence-corrected chi connectivity index (χ0v) is 15.0. The lowest BCUT2D eigenvalue weighted by molar-refractivity contribution is -0.136. The van der Waals surface area contributed by atoms with Crippen LogP contribution in [0, 0.1) is 23.2 Å². The van der Waals surface area contributed by atoms with E-state index >= 15 is 0 Å². The number of nitrogens with one attached hydrogen (secondary N) is 1. The van der Waals surface area contributed by atoms with Crippen LogP contribution in [-0.4, -0.2) is 30.0 Å². The number of benzene rings is 1. The molecule has 7 heteroatoms. The molecule has 3 atom stereocenters. The van der Waals surface area contributed by atoms with E-state index in [4.69, 9.17) is 0 Å². The van der Waals surface area contributed by atoms with Gasteiger partial charge in [0, 0.05) is 16.7 Å². The van der Waals surface area contributed by atoms with Crippen molar-refractivity contribution in [3.8, 4) is 6.07 Å². The van der Waals surface area contributed by atoms with E-state index in [1.807, 2.05) is 24.5 Å². The number of nitrogens with zero attached hydrogens (tertiary/aromatic N) is 2. The van der Waals surface area contributed by atoms with Crippen LogP contribution in [-0.2, 0) is 16.0 Å². The third-order valence-corrected chi connectivity index (χ3v) is 5.82. The Morgan fingerprint density at radius 2 is 2.30 bits per heavy atom. The topological polar surface area (TPSA) is 73.2 Å². The van der Waals surface area contributed by atoms with Gasteiger partial charge in [-0.2, -0.15) is 5.26 Å². The predicted molar refractivity (Wildman–Crippen MR) is 92.9 cm³/mol. The molecule has 1 N–H and O–H groups in total. The number of anilines is 1. The van der Waals surface area contributed by atoms with Crippen LogP contribution in [0.25, 0.3) is 0 Å². The van der Waals surface area contributed by atoms with Crippen LogP contribution < -0.4 is 10.2 Å². The average Bonchev–Trinajstić information content (AvgIpc) is 2.96. The van der Waals surface area contributed by atoms with Crippen LogP contribution in [0.5, 0.6) is 0 Å². The highest BCUT2D eigenvalue weighted by Gasteiger charge is 2.42. The van der Waals surface area contributed by atoms with Gasteiger partial charge in [-0.05, 0) is 42.9 Å². The largest absolute Gasteiger partial charge is 0.342 e. The van der Waals surface area contributed by atoms with Crippen LogP contribution in [0.1, 0.15) is 12.0 Å². The highest BCUT2D eigenvalue weighted by molar-refractivity contribution is 9.10. The Morgan fingerprint density at radius 1 is 1.52 bits per heavy atom. The molecule has 0 radical (unpaired) electrons. The van der Waals surface area contributed by atoms with Gasteiger partial charge < -0.3 is 10.2 Å². The van der Waals surface area contributed by atoms with Gasteiger partial charge in [0.25, 0.3) is 0 Å². The Balaban J connectivity index is 1.82. The third kappa shape index (κ3) is 2.98. The van der Waals surface area contributed by atoms with E-state index in [1.165, 1.54) is 11.8 Å². The lowest BCUT2D eigenvalue weighted by Gasteiger charge is -2.33. The highest BCUT2D eigenvalue weighted by atomic mass is 79.9. The first-order chi connectivity index (χ1) is 11.0. The van der Waals surface area contributed by atoms with Crippen LogP contribution in [0.2, 0.25) is 0 Å². The van der Waals surface area contributed by atoms with Crippen molar-refractivity contribution in [2.75, 3.05) is 17.7 Å². The number of halogens is 1. The Morgan fingerprint density at radius 3 is 3.00 bits per heavy atom. The van der Waals surface area contributed by atoms with Crippen LogP contribution >= 0.6 is 27.7 Å². The molecule has 120 valence electrons. The second-order valence-corrected chi connectivity index (χ2v) is 7.60. The molecule has 1 saturated heterocycles. The summed E-state index contributed by atoms with van der Waals surface area (Å²) in [4.78, 5) is 26.8. The number of hydrogen-bond acceptors (Lipinski definition) is 4. The molecule has 0 bridgehead atoms. The first-order valence-corrected chi connectivity index (χ1v) is 9.46. The van der Waals surface area contributed by atoms with E-state index in [1.54, 1.807) is 4.90 Å². The number of carbonyl (C=O) groups excluding carboxylic acids is 2. The van der Waals surface area contributed by atoms with Crippen molar-refractivity contribution in [1.82, 2.24) is 5.32 Å². The minimum Gasteiger partial charge on any atom is -0.342 e. The molecule has 0 aliphatic carbocycles. The third-order valence-electron chi connectivity index (χ3n) is 4.38. The molecule has 2 aliphatic heterocycles. The van der Waals surface area contributed by atoms with E-state index < -0.39 is 5.92 Å². The Kier molecular flexibility index (Phi) is 4.64. The first-order valence-electron chi connectivity index (χ1n) is 7.37. The average molecular weight is 394 g/mol. The molecular formula is C16H16BrN3O2S. The first kappa shape index (κ1) is 16.3. The number of carbonyl (C=O) groups is 2. The molecule has 2 aliphatic rings. The molecule has 0 saturated carbocycles. The maximum atomic E-state index is 12.9. The van der Waals surface area contributed by atoms with Gasteiger partial charge in [-0.15, -0.1) is 11.8 Å². The minimum atomic E-state index is -0.780. The molecule has 2 amide bonds. The highest BCUT2D eigenvalue weighted by Crippen LogP contribution is 2.34. The number of fused-ring (bicyclic) bond motifs is 1. The van der Waals surface area contributed by atoms with Crippen LogP contribution in [0.4, 0.5) is 5.69 Å². The van der Waals surface area contributed by atoms with Crippen LogP contribution in [0.15, 0.2) is 22.7 Å². The van der Waals surface area contributed by atoms with E-state index in [0.717, 1.165) is 22.1 Å². The number of hydrogen-bond donors (Lipinski definition) is 1. The zero-order valence-electron chi connectivity index (χ0n) is 12.6. The fourth-order valence-corrected chi connectivity index (χ4v) is 4.31. The fraction of sp³-hybridized carbons (Fsp3) is 0.438. The molecule has 1 fully saturated rings. The second-order valence-electron chi connectivity index (χ2n) is 5.70. The number of rotatable bonds is 2. The maximum Gasteiger partial charge on any atom is 0.239 e. The molecular weight excluding hydrogens is 378 g/mol. The van der Waals surface area contributed by atoms with Gasteiger partial charge in [0.2, 0.25) is 11.8 Å². The summed E-state index contributed by atoms with van der Waals surface area (Å²) < 4.78 is 0.980. The quantitative estimate of drug-likeness (QED) is 0.782. The lowest BCUT2D eigenvalue weighted by Crippen LogP contribution is -2.52. The molecule has 23 heavy (non-hydrogen) atoms. The monoisotopic (exact) mass is 393 g/mol. The SMILES string of the molecule is CSC1NC(=O)C(C(=O)N2CCc3cc(Br)ccc32)CC1C#N. The second kappa shape index (κ2) is 6.54. The molecule has 1 aromatic carbocycles. The maximum absolute atomic E-state index is 12.9. The van der Waals surface area contributed by atoms with E-state index in [2.05, 4.69) is 27.3 Å². The molecule has 3 rings (SSSR count). The summed E-state index contributed by atoms with van der Waals surface area (Å²) in [5, 5.41) is 11.9. The fourth-order valence-electron chi connectivity index (χ4n) is 3.17. The summed E-state index contributed by atoms with van der Waals surface area (Å²) in [5.41, 5.74) is 1.97. The van der Waals surface area contributed by atoms with Crippen molar-refractivity contribution in [3.05, 3.63) is 28.2 Å². The van der Waals surface area contributed by atoms with Gasteiger partial charge in [0.05, 0.1) is 17.4 Å². The summed E-state index contributed by atoms with van der Waals surface area (Å²) >= 11 is 4.87. The molecule has 5 nitrogen and oxygen atoms in total. The molecule has 0 aromatic heterocycles. The normalized spacial score (nSPS) is 26.4. The smallest absolute Gasteiger partial charge is 0.239 e. The Bertz CT molecular complexity index is 703. The summed E-state index contributed by atoms with van der Waals surface area (Å²) in [6.07, 6.45) is 2.92. The number of nitriles is 1. The molecule has 0 spiro atoms. The lowest BCUT2D eigenvalue weighted by atomic mass is 9.89. The van der Waals surface area contributed by atoms with Crippen molar-refractivity contribution in [2.45, 2.75) is 18.2 Å². The van der Waals surface area contributed by atoms with Crippen molar-refractivity contribution in [1.29, 1.82) is 5.26 Å². The van der Waals surface area contributed by atoms with E-state index in [-0.39, 0.29) is 29.5 Å². The van der Waals surface area contributed by atoms with Crippen LogP contribution in [0.3, 0.4) is 0 Å². The van der Waals surface area contributed by atoms with Gasteiger partial charge in [-0.1, -0.05) is 15.9 Å². The number of amides is 2. The van der Waals surface area contributed by atoms with E-state index in [0.29, 0.717) is 6.54 Å². The summed E-state index contributed by atoms with van der Waals surface area (Å²) in [6, 6.07) is 8.02. The van der Waals surface area contributed by atoms with Crippen molar-refractivity contribution in [2.24, 2.45) is 11.8 Å². The predicted octanol–water partition coefficient (Wildman–Crippen LogP) is 2.30. The van der Waals surface area contributed by atoms with Gasteiger partial charge in [0.15, 0.2) is 0 Å². The van der Waals surface area contributed by atoms with Gasteiger partial charge in [0.1, 0.15) is 5.92 Å². The van der Waals surface area contributed by atoms with Crippen molar-refractivity contribution in [3.63, 3.8) is 0 Å². The van der Waals surface area contributed by atoms with Crippen molar-refractivity contribution < 1.29 is 9.59 Å². The Labute approximate surface area is 147 Å². The van der Waals surface area contributed by atoms with Gasteiger partial charge in [-0.3, -0.25) is 9.59 Å².